The van der Waals surface area contributed by atoms with Crippen molar-refractivity contribution in [3.8, 4) is 22.8 Å². The van der Waals surface area contributed by atoms with E-state index in [4.69, 9.17) is 32.7 Å². The van der Waals surface area contributed by atoms with E-state index < -0.39 is 6.09 Å². The number of fused-ring (bicyclic) bond motifs is 1. The van der Waals surface area contributed by atoms with Crippen molar-refractivity contribution in [2.24, 2.45) is 0 Å². The van der Waals surface area contributed by atoms with Gasteiger partial charge in [0.25, 0.3) is 0 Å². The number of nitrogens with one attached hydrogen (secondary N) is 2. The molecule has 2 aromatic heterocycles. The fourth-order valence-corrected chi connectivity index (χ4v) is 3.83. The summed E-state index contributed by atoms with van der Waals surface area (Å²) in [5.41, 5.74) is 2.13. The van der Waals surface area contributed by atoms with E-state index in [2.05, 4.69) is 36.6 Å². The van der Waals surface area contributed by atoms with Gasteiger partial charge in [0.2, 0.25) is 0 Å². The molecule has 4 aromatic rings. The van der Waals surface area contributed by atoms with Crippen LogP contribution in [0.25, 0.3) is 16.9 Å². The van der Waals surface area contributed by atoms with Crippen LogP contribution in [0.15, 0.2) is 59.2 Å². The number of ether oxygens (including phenoxy) is 2. The van der Waals surface area contributed by atoms with Gasteiger partial charge in [-0.05, 0) is 34.1 Å². The molecule has 0 atom stereocenters. The van der Waals surface area contributed by atoms with E-state index in [1.54, 1.807) is 22.8 Å². The number of hydrogen-bond donors (Lipinski definition) is 2. The van der Waals surface area contributed by atoms with E-state index in [0.717, 1.165) is 10.0 Å². The van der Waals surface area contributed by atoms with Gasteiger partial charge in [-0.1, -0.05) is 41.4 Å². The minimum atomic E-state index is -0.629. The van der Waals surface area contributed by atoms with Gasteiger partial charge in [-0.15, -0.1) is 0 Å². The van der Waals surface area contributed by atoms with Crippen molar-refractivity contribution in [3.63, 3.8) is 0 Å². The molecule has 2 N–H and O–H groups in total. The molecule has 2 heterocycles. The number of carbonyl (C=O) groups is 1. The number of carbonyl (C=O) groups excluding carboxylic acids is 1. The molecule has 0 saturated heterocycles. The normalized spacial score (nSPS) is 10.8. The Morgan fingerprint density at radius 1 is 1.12 bits per heavy atom. The zero-order valence-corrected chi connectivity index (χ0v) is 20.4. The Hall–Kier alpha value is -3.01. The van der Waals surface area contributed by atoms with E-state index >= 15 is 0 Å². The lowest BCUT2D eigenvalue weighted by atomic mass is 10.1. The monoisotopic (exact) mass is 549 g/mol. The van der Waals surface area contributed by atoms with Crippen molar-refractivity contribution < 1.29 is 14.3 Å². The van der Waals surface area contributed by atoms with Gasteiger partial charge < -0.3 is 20.1 Å². The highest BCUT2D eigenvalue weighted by Crippen LogP contribution is 2.31. The number of benzene rings is 2. The van der Waals surface area contributed by atoms with Crippen molar-refractivity contribution >= 4 is 56.7 Å². The molecule has 8 nitrogen and oxygen atoms in total. The maximum absolute atomic E-state index is 12.2. The summed E-state index contributed by atoms with van der Waals surface area (Å²) in [7, 11) is 1.48. The number of amides is 1. The van der Waals surface area contributed by atoms with Crippen LogP contribution in [0.5, 0.6) is 11.5 Å². The van der Waals surface area contributed by atoms with E-state index in [1.165, 1.54) is 13.2 Å². The quantitative estimate of drug-likeness (QED) is 0.288. The summed E-state index contributed by atoms with van der Waals surface area (Å²) >= 11 is 15.8. The fourth-order valence-electron chi connectivity index (χ4n) is 3.09. The van der Waals surface area contributed by atoms with Crippen molar-refractivity contribution in [3.05, 3.63) is 69.2 Å². The molecule has 33 heavy (non-hydrogen) atoms. The third-order valence-electron chi connectivity index (χ3n) is 4.61. The molecule has 0 spiro atoms. The Morgan fingerprint density at radius 2 is 1.94 bits per heavy atom. The average Bonchev–Trinajstić information content (AvgIpc) is 3.18. The van der Waals surface area contributed by atoms with E-state index in [0.29, 0.717) is 39.5 Å². The maximum Gasteiger partial charge on any atom is 0.412 e. The molecule has 4 rings (SSSR count). The standard InChI is InChI=1S/C22H18BrCl2N5O3/c1-32-18-7-6-13(24)10-19(18)33-22(31)27-9-8-26-20-11-17(14-4-2-3-5-16(14)25)29-21-15(23)12-28-30(20)21/h2-7,10-12,26H,8-9H2,1H3,(H,27,31). The van der Waals surface area contributed by atoms with Crippen LogP contribution in [0.4, 0.5) is 10.6 Å². The Kier molecular flexibility index (Phi) is 7.22. The summed E-state index contributed by atoms with van der Waals surface area (Å²) in [6.45, 7) is 0.690. The zero-order valence-electron chi connectivity index (χ0n) is 17.3. The zero-order chi connectivity index (χ0) is 23.4. The van der Waals surface area contributed by atoms with Crippen LogP contribution >= 0.6 is 39.1 Å². The minimum Gasteiger partial charge on any atom is -0.493 e. The van der Waals surface area contributed by atoms with Crippen LogP contribution in [0.3, 0.4) is 0 Å². The second-order valence-electron chi connectivity index (χ2n) is 6.77. The number of nitrogens with zero attached hydrogens (tertiary/aromatic N) is 3. The van der Waals surface area contributed by atoms with Crippen LogP contribution in [0, 0.1) is 0 Å². The van der Waals surface area contributed by atoms with Crippen LogP contribution in [-0.2, 0) is 0 Å². The lowest BCUT2D eigenvalue weighted by Gasteiger charge is -2.13. The maximum atomic E-state index is 12.2. The first-order valence-corrected chi connectivity index (χ1v) is 11.3. The third-order valence-corrected chi connectivity index (χ3v) is 5.73. The number of hydrogen-bond acceptors (Lipinski definition) is 6. The highest BCUT2D eigenvalue weighted by atomic mass is 79.9. The lowest BCUT2D eigenvalue weighted by molar-refractivity contribution is 0.199. The number of halogens is 3. The topological polar surface area (TPSA) is 89.8 Å². The van der Waals surface area contributed by atoms with Gasteiger partial charge in [0, 0.05) is 40.8 Å². The third kappa shape index (κ3) is 5.32. The fraction of sp³-hybridized carbons (Fsp3) is 0.136. The van der Waals surface area contributed by atoms with Gasteiger partial charge in [-0.25, -0.2) is 9.78 Å². The van der Waals surface area contributed by atoms with Crippen LogP contribution in [-0.4, -0.2) is 40.9 Å². The van der Waals surface area contributed by atoms with Crippen molar-refractivity contribution in [1.82, 2.24) is 19.9 Å². The summed E-state index contributed by atoms with van der Waals surface area (Å²) < 4.78 is 12.9. The number of anilines is 1. The molecule has 0 radical (unpaired) electrons. The molecule has 0 saturated carbocycles. The molecule has 11 heteroatoms. The summed E-state index contributed by atoms with van der Waals surface area (Å²) in [4.78, 5) is 16.9. The van der Waals surface area contributed by atoms with Gasteiger partial charge in [0.05, 0.1) is 23.5 Å². The van der Waals surface area contributed by atoms with Gasteiger partial charge >= 0.3 is 6.09 Å². The van der Waals surface area contributed by atoms with Crippen LogP contribution < -0.4 is 20.1 Å². The van der Waals surface area contributed by atoms with Gasteiger partial charge in [0.15, 0.2) is 17.1 Å². The summed E-state index contributed by atoms with van der Waals surface area (Å²) in [5.74, 6) is 1.33. The second kappa shape index (κ2) is 10.3. The number of aromatic nitrogens is 3. The van der Waals surface area contributed by atoms with E-state index in [9.17, 15) is 4.79 Å². The molecule has 0 aliphatic rings. The van der Waals surface area contributed by atoms with Gasteiger partial charge in [-0.3, -0.25) is 0 Å². The molecular formula is C22H18BrCl2N5O3. The van der Waals surface area contributed by atoms with Crippen molar-refractivity contribution in [2.75, 3.05) is 25.5 Å². The highest BCUT2D eigenvalue weighted by molar-refractivity contribution is 9.10. The minimum absolute atomic E-state index is 0.233. The Morgan fingerprint density at radius 3 is 2.73 bits per heavy atom. The van der Waals surface area contributed by atoms with E-state index in [1.807, 2.05) is 30.3 Å². The molecule has 0 fully saturated rings. The van der Waals surface area contributed by atoms with Crippen molar-refractivity contribution in [1.29, 1.82) is 0 Å². The Bertz CT molecular complexity index is 1310. The van der Waals surface area contributed by atoms with Gasteiger partial charge in [-0.2, -0.15) is 9.61 Å². The summed E-state index contributed by atoms with van der Waals surface area (Å²) in [5, 5.41) is 11.3. The molecule has 170 valence electrons. The number of methoxy groups -OCH3 is 1. The molecule has 0 aliphatic carbocycles. The summed E-state index contributed by atoms with van der Waals surface area (Å²) in [6.07, 6.45) is 1.04. The first-order chi connectivity index (χ1) is 16.0. The lowest BCUT2D eigenvalue weighted by Crippen LogP contribution is -2.31. The SMILES string of the molecule is COc1ccc(Cl)cc1OC(=O)NCCNc1cc(-c2ccccc2Cl)nc2c(Br)cnn12. The second-order valence-corrected chi connectivity index (χ2v) is 8.47. The Labute approximate surface area is 207 Å². The predicted molar refractivity (Wildman–Crippen MR) is 132 cm³/mol. The van der Waals surface area contributed by atoms with Gasteiger partial charge in [0.1, 0.15) is 5.82 Å². The highest BCUT2D eigenvalue weighted by Gasteiger charge is 2.14. The molecule has 1 amide bonds. The molecule has 0 unspecified atom stereocenters. The smallest absolute Gasteiger partial charge is 0.412 e. The first kappa shape index (κ1) is 23.2. The Balaban J connectivity index is 1.44. The first-order valence-electron chi connectivity index (χ1n) is 9.78. The predicted octanol–water partition coefficient (Wildman–Crippen LogP) is 5.67. The largest absolute Gasteiger partial charge is 0.493 e. The molecule has 2 aromatic carbocycles. The average molecular weight is 551 g/mol. The molecule has 0 bridgehead atoms. The molecule has 0 aliphatic heterocycles. The number of rotatable bonds is 7. The van der Waals surface area contributed by atoms with E-state index in [-0.39, 0.29) is 12.3 Å². The van der Waals surface area contributed by atoms with Crippen molar-refractivity contribution in [2.45, 2.75) is 0 Å². The molecular weight excluding hydrogens is 533 g/mol. The summed E-state index contributed by atoms with van der Waals surface area (Å²) in [6, 6.07) is 14.1. The van der Waals surface area contributed by atoms with Crippen LogP contribution in [0.2, 0.25) is 10.0 Å². The van der Waals surface area contributed by atoms with Crippen LogP contribution in [0.1, 0.15) is 0 Å².